The summed E-state index contributed by atoms with van der Waals surface area (Å²) in [6.07, 6.45) is 6.72. The predicted molar refractivity (Wildman–Crippen MR) is 72.0 cm³/mol. The molecule has 0 atom stereocenters. The second-order valence-electron chi connectivity index (χ2n) is 5.54. The van der Waals surface area contributed by atoms with Crippen LogP contribution in [0.5, 0.6) is 0 Å². The molecule has 2 rings (SSSR count). The van der Waals surface area contributed by atoms with Crippen molar-refractivity contribution in [2.24, 2.45) is 17.6 Å². The summed E-state index contributed by atoms with van der Waals surface area (Å²) in [4.78, 5) is 11.8. The molecule has 0 unspecified atom stereocenters. The largest absolute Gasteiger partial charge is 0.354 e. The first-order valence-electron chi connectivity index (χ1n) is 7.03. The molecule has 1 heterocycles. The van der Waals surface area contributed by atoms with Gasteiger partial charge in [0.05, 0.1) is 11.9 Å². The molecule has 19 heavy (non-hydrogen) atoms. The maximum atomic E-state index is 11.8. The Labute approximate surface area is 113 Å². The number of hydrogen-bond donors (Lipinski definition) is 2. The average molecular weight is 265 g/mol. The summed E-state index contributed by atoms with van der Waals surface area (Å²) in [7, 11) is 0. The highest BCUT2D eigenvalue weighted by atomic mass is 16.2. The minimum Gasteiger partial charge on any atom is -0.354 e. The monoisotopic (exact) mass is 265 g/mol. The number of hydrogen-bond acceptors (Lipinski definition) is 4. The molecule has 1 amide bonds. The van der Waals surface area contributed by atoms with Crippen LogP contribution in [0.3, 0.4) is 0 Å². The van der Waals surface area contributed by atoms with Gasteiger partial charge >= 0.3 is 0 Å². The van der Waals surface area contributed by atoms with Crippen molar-refractivity contribution in [3.8, 4) is 0 Å². The van der Waals surface area contributed by atoms with Gasteiger partial charge in [0.15, 0.2) is 0 Å². The van der Waals surface area contributed by atoms with Crippen LogP contribution in [-0.2, 0) is 17.9 Å². The molecule has 0 bridgehead atoms. The smallest absolute Gasteiger partial charge is 0.241 e. The summed E-state index contributed by atoms with van der Waals surface area (Å²) < 4.78 is 1.53. The van der Waals surface area contributed by atoms with Crippen molar-refractivity contribution in [2.75, 3.05) is 6.54 Å². The number of nitrogens with zero attached hydrogens (tertiary/aromatic N) is 3. The van der Waals surface area contributed by atoms with E-state index in [4.69, 9.17) is 5.73 Å². The predicted octanol–water partition coefficient (Wildman–Crippen LogP) is 0.679. The van der Waals surface area contributed by atoms with Gasteiger partial charge in [-0.1, -0.05) is 25.0 Å². The van der Waals surface area contributed by atoms with Crippen molar-refractivity contribution in [2.45, 2.75) is 45.7 Å². The van der Waals surface area contributed by atoms with E-state index < -0.39 is 0 Å². The highest BCUT2D eigenvalue weighted by Gasteiger charge is 2.18. The summed E-state index contributed by atoms with van der Waals surface area (Å²) >= 11 is 0. The number of rotatable bonds is 5. The molecule has 0 aliphatic heterocycles. The van der Waals surface area contributed by atoms with Crippen LogP contribution >= 0.6 is 0 Å². The number of nitrogens with two attached hydrogens (primary N) is 1. The number of nitrogens with one attached hydrogen (secondary N) is 1. The summed E-state index contributed by atoms with van der Waals surface area (Å²) in [6.45, 7) is 3.65. The second kappa shape index (κ2) is 6.65. The maximum Gasteiger partial charge on any atom is 0.241 e. The van der Waals surface area contributed by atoms with Crippen molar-refractivity contribution in [1.29, 1.82) is 0 Å². The molecule has 1 aliphatic carbocycles. The van der Waals surface area contributed by atoms with E-state index in [1.54, 1.807) is 6.20 Å². The van der Waals surface area contributed by atoms with Gasteiger partial charge in [-0.25, -0.2) is 4.68 Å². The highest BCUT2D eigenvalue weighted by molar-refractivity contribution is 5.75. The van der Waals surface area contributed by atoms with E-state index in [-0.39, 0.29) is 12.5 Å². The molecule has 6 heteroatoms. The molecular weight excluding hydrogens is 242 g/mol. The minimum absolute atomic E-state index is 0.00732. The Bertz CT molecular complexity index is 409. The van der Waals surface area contributed by atoms with E-state index in [1.807, 2.05) is 0 Å². The van der Waals surface area contributed by atoms with Crippen molar-refractivity contribution in [1.82, 2.24) is 20.3 Å². The SMILES string of the molecule is CC1CCC(CNC(=O)Cn2cc(CN)nn2)CC1. The van der Waals surface area contributed by atoms with Crippen LogP contribution in [0.2, 0.25) is 0 Å². The molecule has 1 aromatic rings. The number of carbonyl (C=O) groups excluding carboxylic acids is 1. The number of aromatic nitrogens is 3. The summed E-state index contributed by atoms with van der Waals surface area (Å²) in [5, 5.41) is 10.7. The van der Waals surface area contributed by atoms with E-state index in [2.05, 4.69) is 22.6 Å². The second-order valence-corrected chi connectivity index (χ2v) is 5.54. The van der Waals surface area contributed by atoms with Gasteiger partial charge in [0, 0.05) is 13.1 Å². The summed E-state index contributed by atoms with van der Waals surface area (Å²) in [6, 6.07) is 0. The van der Waals surface area contributed by atoms with Crippen LogP contribution < -0.4 is 11.1 Å². The zero-order chi connectivity index (χ0) is 13.7. The lowest BCUT2D eigenvalue weighted by Gasteiger charge is -2.26. The first-order valence-corrected chi connectivity index (χ1v) is 7.03. The van der Waals surface area contributed by atoms with Gasteiger partial charge in [-0.15, -0.1) is 5.10 Å². The molecule has 0 saturated heterocycles. The molecule has 1 aromatic heterocycles. The quantitative estimate of drug-likeness (QED) is 0.819. The van der Waals surface area contributed by atoms with Crippen molar-refractivity contribution >= 4 is 5.91 Å². The number of amides is 1. The van der Waals surface area contributed by atoms with E-state index in [9.17, 15) is 4.79 Å². The van der Waals surface area contributed by atoms with Gasteiger partial charge in [-0.05, 0) is 24.7 Å². The van der Waals surface area contributed by atoms with E-state index in [0.717, 1.165) is 12.5 Å². The highest BCUT2D eigenvalue weighted by Crippen LogP contribution is 2.27. The molecular formula is C13H23N5O. The van der Waals surface area contributed by atoms with Gasteiger partial charge in [0.2, 0.25) is 5.91 Å². The Morgan fingerprint density at radius 2 is 2.21 bits per heavy atom. The summed E-state index contributed by atoms with van der Waals surface area (Å²) in [5.41, 5.74) is 6.15. The van der Waals surface area contributed by atoms with Crippen LogP contribution in [0.15, 0.2) is 6.20 Å². The molecule has 6 nitrogen and oxygen atoms in total. The van der Waals surface area contributed by atoms with E-state index >= 15 is 0 Å². The van der Waals surface area contributed by atoms with Crippen molar-refractivity contribution < 1.29 is 4.79 Å². The fourth-order valence-corrected chi connectivity index (χ4v) is 2.50. The molecule has 1 fully saturated rings. The van der Waals surface area contributed by atoms with Gasteiger partial charge < -0.3 is 11.1 Å². The van der Waals surface area contributed by atoms with Crippen LogP contribution in [0, 0.1) is 11.8 Å². The third kappa shape index (κ3) is 4.31. The lowest BCUT2D eigenvalue weighted by molar-refractivity contribution is -0.122. The molecule has 3 N–H and O–H groups in total. The Balaban J connectivity index is 1.69. The standard InChI is InChI=1S/C13H23N5O/c1-10-2-4-11(5-3-10)7-15-13(19)9-18-8-12(6-14)16-17-18/h8,10-11H,2-7,9,14H2,1H3,(H,15,19). The van der Waals surface area contributed by atoms with Crippen LogP contribution in [0.4, 0.5) is 0 Å². The Morgan fingerprint density at radius 3 is 2.84 bits per heavy atom. The Morgan fingerprint density at radius 1 is 1.47 bits per heavy atom. The third-order valence-electron chi connectivity index (χ3n) is 3.82. The summed E-state index contributed by atoms with van der Waals surface area (Å²) in [5.74, 6) is 1.47. The van der Waals surface area contributed by atoms with E-state index in [1.165, 1.54) is 30.4 Å². The maximum absolute atomic E-state index is 11.8. The lowest BCUT2D eigenvalue weighted by Crippen LogP contribution is -2.33. The molecule has 0 spiro atoms. The normalized spacial score (nSPS) is 23.3. The topological polar surface area (TPSA) is 85.8 Å². The fraction of sp³-hybridized carbons (Fsp3) is 0.769. The van der Waals surface area contributed by atoms with E-state index in [0.29, 0.717) is 18.2 Å². The average Bonchev–Trinajstić information content (AvgIpc) is 2.86. The minimum atomic E-state index is -0.00732. The molecule has 1 aliphatic rings. The molecule has 106 valence electrons. The zero-order valence-corrected chi connectivity index (χ0v) is 11.5. The van der Waals surface area contributed by atoms with Crippen LogP contribution in [0.1, 0.15) is 38.3 Å². The van der Waals surface area contributed by atoms with Crippen molar-refractivity contribution in [3.05, 3.63) is 11.9 Å². The van der Waals surface area contributed by atoms with Gasteiger partial charge in [0.25, 0.3) is 0 Å². The molecule has 0 radical (unpaired) electrons. The van der Waals surface area contributed by atoms with Crippen molar-refractivity contribution in [3.63, 3.8) is 0 Å². The van der Waals surface area contributed by atoms with Gasteiger partial charge in [-0.2, -0.15) is 0 Å². The van der Waals surface area contributed by atoms with Gasteiger partial charge in [-0.3, -0.25) is 4.79 Å². The lowest BCUT2D eigenvalue weighted by atomic mass is 9.83. The zero-order valence-electron chi connectivity index (χ0n) is 11.5. The number of carbonyl (C=O) groups is 1. The molecule has 0 aromatic carbocycles. The van der Waals surface area contributed by atoms with Crippen LogP contribution in [-0.4, -0.2) is 27.4 Å². The Hall–Kier alpha value is -1.43. The fourth-order valence-electron chi connectivity index (χ4n) is 2.50. The third-order valence-corrected chi connectivity index (χ3v) is 3.82. The Kier molecular flexibility index (Phi) is 4.90. The first-order chi connectivity index (χ1) is 9.17. The first kappa shape index (κ1) is 14.0. The molecule has 1 saturated carbocycles. The van der Waals surface area contributed by atoms with Crippen LogP contribution in [0.25, 0.3) is 0 Å². The van der Waals surface area contributed by atoms with Gasteiger partial charge in [0.1, 0.15) is 6.54 Å².